The monoisotopic (exact) mass is 291 g/mol. The fourth-order valence-electron chi connectivity index (χ4n) is 2.89. The minimum absolute atomic E-state index is 0.114. The van der Waals surface area contributed by atoms with Crippen molar-refractivity contribution in [2.75, 3.05) is 19.9 Å². The van der Waals surface area contributed by atoms with E-state index in [0.29, 0.717) is 19.5 Å². The van der Waals surface area contributed by atoms with Crippen LogP contribution in [0, 0.1) is 0 Å². The lowest BCUT2D eigenvalue weighted by atomic mass is 10.1. The Balaban J connectivity index is 1.56. The molecule has 0 aliphatic carbocycles. The van der Waals surface area contributed by atoms with Crippen molar-refractivity contribution in [1.82, 2.24) is 4.90 Å². The summed E-state index contributed by atoms with van der Waals surface area (Å²) in [6.45, 7) is 5.66. The summed E-state index contributed by atoms with van der Waals surface area (Å²) in [7, 11) is 0. The summed E-state index contributed by atoms with van der Waals surface area (Å²) in [5.41, 5.74) is 1.10. The highest BCUT2D eigenvalue weighted by molar-refractivity contribution is 5.76. The molecule has 0 bridgehead atoms. The van der Waals surface area contributed by atoms with Crippen LogP contribution in [0.5, 0.6) is 11.5 Å². The average molecular weight is 291 g/mol. The number of ether oxygens (including phenoxy) is 3. The lowest BCUT2D eigenvalue weighted by Crippen LogP contribution is -2.48. The Hall–Kier alpha value is -1.75. The van der Waals surface area contributed by atoms with Gasteiger partial charge in [0, 0.05) is 19.5 Å². The van der Waals surface area contributed by atoms with Gasteiger partial charge in [0.05, 0.1) is 12.2 Å². The van der Waals surface area contributed by atoms with Crippen LogP contribution in [-0.2, 0) is 16.0 Å². The van der Waals surface area contributed by atoms with Crippen molar-refractivity contribution < 1.29 is 19.0 Å². The van der Waals surface area contributed by atoms with Gasteiger partial charge < -0.3 is 19.1 Å². The predicted molar refractivity (Wildman–Crippen MR) is 77.5 cm³/mol. The summed E-state index contributed by atoms with van der Waals surface area (Å²) in [4.78, 5) is 14.2. The van der Waals surface area contributed by atoms with Gasteiger partial charge >= 0.3 is 0 Å². The zero-order chi connectivity index (χ0) is 14.8. The number of hydrogen-bond donors (Lipinski definition) is 0. The molecule has 1 saturated heterocycles. The van der Waals surface area contributed by atoms with Gasteiger partial charge in [-0.3, -0.25) is 4.79 Å². The zero-order valence-electron chi connectivity index (χ0n) is 12.5. The van der Waals surface area contributed by atoms with Crippen LogP contribution in [-0.4, -0.2) is 42.9 Å². The molecule has 21 heavy (non-hydrogen) atoms. The summed E-state index contributed by atoms with van der Waals surface area (Å²) in [6, 6.07) is 5.85. The van der Waals surface area contributed by atoms with Gasteiger partial charge in [-0.05, 0) is 38.0 Å². The van der Waals surface area contributed by atoms with Gasteiger partial charge in [-0.15, -0.1) is 0 Å². The number of benzene rings is 1. The second-order valence-corrected chi connectivity index (χ2v) is 5.74. The van der Waals surface area contributed by atoms with Gasteiger partial charge in [-0.2, -0.15) is 0 Å². The molecule has 2 unspecified atom stereocenters. The van der Waals surface area contributed by atoms with Crippen molar-refractivity contribution in [3.05, 3.63) is 23.8 Å². The van der Waals surface area contributed by atoms with Crippen LogP contribution in [0.15, 0.2) is 18.2 Å². The largest absolute Gasteiger partial charge is 0.454 e. The molecule has 1 aromatic carbocycles. The van der Waals surface area contributed by atoms with Gasteiger partial charge in [-0.25, -0.2) is 0 Å². The number of amides is 1. The molecule has 0 aromatic heterocycles. The van der Waals surface area contributed by atoms with Crippen LogP contribution >= 0.6 is 0 Å². The molecule has 2 atom stereocenters. The molecule has 0 radical (unpaired) electrons. The molecule has 1 aromatic rings. The molecule has 0 saturated carbocycles. The first-order valence-electron chi connectivity index (χ1n) is 7.43. The van der Waals surface area contributed by atoms with E-state index in [4.69, 9.17) is 14.2 Å². The Kier molecular flexibility index (Phi) is 4.01. The van der Waals surface area contributed by atoms with E-state index >= 15 is 0 Å². The van der Waals surface area contributed by atoms with E-state index in [1.165, 1.54) is 0 Å². The molecule has 0 spiro atoms. The number of fused-ring (bicyclic) bond motifs is 1. The number of aryl methyl sites for hydroxylation is 1. The topological polar surface area (TPSA) is 48.0 Å². The smallest absolute Gasteiger partial charge is 0.231 e. The van der Waals surface area contributed by atoms with Crippen LogP contribution in [0.3, 0.4) is 0 Å². The second kappa shape index (κ2) is 5.93. The van der Waals surface area contributed by atoms with E-state index in [9.17, 15) is 4.79 Å². The molecule has 2 heterocycles. The molecule has 5 heteroatoms. The zero-order valence-corrected chi connectivity index (χ0v) is 12.5. The van der Waals surface area contributed by atoms with Crippen molar-refractivity contribution in [3.8, 4) is 11.5 Å². The first kappa shape index (κ1) is 14.2. The van der Waals surface area contributed by atoms with Crippen molar-refractivity contribution in [2.45, 2.75) is 38.9 Å². The SMILES string of the molecule is CC1CN(C(=O)CCc2ccc3c(c2)OCO3)CC(C)O1. The lowest BCUT2D eigenvalue weighted by Gasteiger charge is -2.35. The second-order valence-electron chi connectivity index (χ2n) is 5.74. The quantitative estimate of drug-likeness (QED) is 0.854. The Morgan fingerprint density at radius 1 is 1.19 bits per heavy atom. The highest BCUT2D eigenvalue weighted by Crippen LogP contribution is 2.32. The number of rotatable bonds is 3. The molecular formula is C16H21NO4. The standard InChI is InChI=1S/C16H21NO4/c1-11-8-17(9-12(2)21-11)16(18)6-4-13-3-5-14-15(7-13)20-10-19-14/h3,5,7,11-12H,4,6,8-10H2,1-2H3. The first-order chi connectivity index (χ1) is 10.1. The van der Waals surface area contributed by atoms with E-state index in [1.54, 1.807) is 0 Å². The summed E-state index contributed by atoms with van der Waals surface area (Å²) in [6.07, 6.45) is 1.46. The maximum absolute atomic E-state index is 12.3. The van der Waals surface area contributed by atoms with Gasteiger partial charge in [0.2, 0.25) is 12.7 Å². The van der Waals surface area contributed by atoms with E-state index in [1.807, 2.05) is 36.9 Å². The summed E-state index contributed by atoms with van der Waals surface area (Å²) in [5.74, 6) is 1.74. The Bertz CT molecular complexity index is 521. The maximum atomic E-state index is 12.3. The van der Waals surface area contributed by atoms with Crippen molar-refractivity contribution in [2.24, 2.45) is 0 Å². The molecule has 114 valence electrons. The van der Waals surface area contributed by atoms with Gasteiger partial charge in [-0.1, -0.05) is 6.07 Å². The molecule has 3 rings (SSSR count). The van der Waals surface area contributed by atoms with Crippen LogP contribution in [0.1, 0.15) is 25.8 Å². The first-order valence-corrected chi connectivity index (χ1v) is 7.43. The van der Waals surface area contributed by atoms with E-state index in [0.717, 1.165) is 23.5 Å². The van der Waals surface area contributed by atoms with Crippen molar-refractivity contribution in [3.63, 3.8) is 0 Å². The van der Waals surface area contributed by atoms with Gasteiger partial charge in [0.1, 0.15) is 0 Å². The molecule has 2 aliphatic heterocycles. The van der Waals surface area contributed by atoms with Crippen LogP contribution in [0.25, 0.3) is 0 Å². The molecule has 1 fully saturated rings. The maximum Gasteiger partial charge on any atom is 0.231 e. The normalized spacial score (nSPS) is 24.2. The summed E-state index contributed by atoms with van der Waals surface area (Å²) < 4.78 is 16.3. The van der Waals surface area contributed by atoms with Crippen LogP contribution in [0.4, 0.5) is 0 Å². The van der Waals surface area contributed by atoms with Crippen LogP contribution < -0.4 is 9.47 Å². The summed E-state index contributed by atoms with van der Waals surface area (Å²) >= 11 is 0. The van der Waals surface area contributed by atoms with E-state index < -0.39 is 0 Å². The fraction of sp³-hybridized carbons (Fsp3) is 0.562. The molecule has 2 aliphatic rings. The third-order valence-electron chi connectivity index (χ3n) is 3.84. The van der Waals surface area contributed by atoms with Crippen LogP contribution in [0.2, 0.25) is 0 Å². The lowest BCUT2D eigenvalue weighted by molar-refractivity contribution is -0.143. The van der Waals surface area contributed by atoms with E-state index in [-0.39, 0.29) is 24.9 Å². The molecule has 5 nitrogen and oxygen atoms in total. The summed E-state index contributed by atoms with van der Waals surface area (Å²) in [5, 5.41) is 0. The van der Waals surface area contributed by atoms with Crippen molar-refractivity contribution >= 4 is 5.91 Å². The predicted octanol–water partition coefficient (Wildman–Crippen LogP) is 1.98. The number of morpholine rings is 1. The number of hydrogen-bond acceptors (Lipinski definition) is 4. The Morgan fingerprint density at radius 3 is 2.67 bits per heavy atom. The molecule has 0 N–H and O–H groups in total. The minimum atomic E-state index is 0.114. The Morgan fingerprint density at radius 2 is 1.90 bits per heavy atom. The molecule has 1 amide bonds. The van der Waals surface area contributed by atoms with Gasteiger partial charge in [0.15, 0.2) is 11.5 Å². The highest BCUT2D eigenvalue weighted by atomic mass is 16.7. The highest BCUT2D eigenvalue weighted by Gasteiger charge is 2.25. The number of nitrogens with zero attached hydrogens (tertiary/aromatic N) is 1. The van der Waals surface area contributed by atoms with Gasteiger partial charge in [0.25, 0.3) is 0 Å². The fourth-order valence-corrected chi connectivity index (χ4v) is 2.89. The third kappa shape index (κ3) is 3.29. The minimum Gasteiger partial charge on any atom is -0.454 e. The Labute approximate surface area is 124 Å². The van der Waals surface area contributed by atoms with Crippen molar-refractivity contribution in [1.29, 1.82) is 0 Å². The average Bonchev–Trinajstić information content (AvgIpc) is 2.91. The molecular weight excluding hydrogens is 270 g/mol. The third-order valence-corrected chi connectivity index (χ3v) is 3.84. The number of carbonyl (C=O) groups excluding carboxylic acids is 1. The number of carbonyl (C=O) groups is 1. The van der Waals surface area contributed by atoms with E-state index in [2.05, 4.69) is 0 Å².